The van der Waals surface area contributed by atoms with Gasteiger partial charge in [0.05, 0.1) is 0 Å². The molecule has 0 atom stereocenters. The molecule has 3 rings (SSSR count). The molecular formula is C22H31N5O. The largest absolute Gasteiger partial charge is 0.372 e. The first-order chi connectivity index (χ1) is 13.5. The fraction of sp³-hybridized carbons (Fsp3) is 0.500. The molecule has 0 bridgehead atoms. The number of aromatic nitrogens is 2. The summed E-state index contributed by atoms with van der Waals surface area (Å²) in [6, 6.07) is 9.99. The fourth-order valence-corrected chi connectivity index (χ4v) is 3.58. The molecule has 2 aromatic rings. The number of carbonyl (C=O) groups excluding carboxylic acids is 1. The molecule has 0 saturated carbocycles. The molecule has 0 spiro atoms. The second-order valence-electron chi connectivity index (χ2n) is 7.54. The average Bonchev–Trinajstić information content (AvgIpc) is 2.70. The molecule has 1 aliphatic heterocycles. The van der Waals surface area contributed by atoms with Crippen LogP contribution in [0.5, 0.6) is 0 Å². The quantitative estimate of drug-likeness (QED) is 0.811. The summed E-state index contributed by atoms with van der Waals surface area (Å²) in [4.78, 5) is 26.0. The number of nitrogens with zero attached hydrogens (tertiary/aromatic N) is 4. The minimum Gasteiger partial charge on any atom is -0.372 e. The van der Waals surface area contributed by atoms with Crippen LogP contribution < -0.4 is 10.2 Å². The number of hydrogen-bond acceptors (Lipinski definition) is 5. The highest BCUT2D eigenvalue weighted by Crippen LogP contribution is 2.21. The van der Waals surface area contributed by atoms with Crippen molar-refractivity contribution in [3.8, 4) is 0 Å². The summed E-state index contributed by atoms with van der Waals surface area (Å²) in [6.07, 6.45) is 2.11. The molecular weight excluding hydrogens is 350 g/mol. The Hall–Kier alpha value is -2.63. The molecule has 0 unspecified atom stereocenters. The first kappa shape index (κ1) is 20.1. The van der Waals surface area contributed by atoms with Crippen LogP contribution in [0.1, 0.15) is 49.8 Å². The lowest BCUT2D eigenvalue weighted by Gasteiger charge is -2.30. The van der Waals surface area contributed by atoms with Gasteiger partial charge in [0.25, 0.3) is 5.91 Å². The van der Waals surface area contributed by atoms with Crippen LogP contribution in [0.4, 0.5) is 17.3 Å². The van der Waals surface area contributed by atoms with Crippen molar-refractivity contribution in [2.24, 2.45) is 5.92 Å². The maximum Gasteiger partial charge on any atom is 0.272 e. The highest BCUT2D eigenvalue weighted by Gasteiger charge is 2.23. The van der Waals surface area contributed by atoms with Crippen molar-refractivity contribution >= 4 is 23.2 Å². The van der Waals surface area contributed by atoms with E-state index in [1.54, 1.807) is 6.07 Å². The van der Waals surface area contributed by atoms with Gasteiger partial charge in [-0.1, -0.05) is 6.92 Å². The van der Waals surface area contributed by atoms with E-state index >= 15 is 0 Å². The third-order valence-electron chi connectivity index (χ3n) is 5.40. The summed E-state index contributed by atoms with van der Waals surface area (Å²) in [7, 11) is 0. The molecule has 1 amide bonds. The number of hydrogen-bond donors (Lipinski definition) is 1. The van der Waals surface area contributed by atoms with Gasteiger partial charge in [0.15, 0.2) is 0 Å². The first-order valence-electron chi connectivity index (χ1n) is 10.3. The van der Waals surface area contributed by atoms with Crippen molar-refractivity contribution in [1.29, 1.82) is 0 Å². The van der Waals surface area contributed by atoms with Crippen molar-refractivity contribution in [2.75, 3.05) is 36.4 Å². The summed E-state index contributed by atoms with van der Waals surface area (Å²) in [6.45, 7) is 12.0. The Kier molecular flexibility index (Phi) is 6.49. The molecule has 1 aliphatic rings. The number of piperidine rings is 1. The van der Waals surface area contributed by atoms with Crippen molar-refractivity contribution < 1.29 is 4.79 Å². The van der Waals surface area contributed by atoms with Gasteiger partial charge < -0.3 is 15.1 Å². The molecule has 1 fully saturated rings. The van der Waals surface area contributed by atoms with Crippen molar-refractivity contribution in [3.05, 3.63) is 41.7 Å². The van der Waals surface area contributed by atoms with E-state index in [0.29, 0.717) is 17.6 Å². The number of anilines is 3. The van der Waals surface area contributed by atoms with Crippen LogP contribution in [0, 0.1) is 12.8 Å². The Morgan fingerprint density at radius 2 is 1.79 bits per heavy atom. The molecule has 2 heterocycles. The molecule has 1 aromatic heterocycles. The van der Waals surface area contributed by atoms with Crippen LogP contribution in [-0.2, 0) is 0 Å². The summed E-state index contributed by atoms with van der Waals surface area (Å²) in [5.41, 5.74) is 3.35. The SMILES string of the molecule is CCN(CC)c1ccc(Nc2nc(C)cc(C(=O)N3CCC(C)CC3)n2)cc1. The van der Waals surface area contributed by atoms with E-state index in [9.17, 15) is 4.79 Å². The van der Waals surface area contributed by atoms with Gasteiger partial charge in [-0.2, -0.15) is 0 Å². The van der Waals surface area contributed by atoms with E-state index in [-0.39, 0.29) is 5.91 Å². The zero-order valence-corrected chi connectivity index (χ0v) is 17.4. The molecule has 6 nitrogen and oxygen atoms in total. The van der Waals surface area contributed by atoms with Gasteiger partial charge in [-0.3, -0.25) is 4.79 Å². The lowest BCUT2D eigenvalue weighted by atomic mass is 9.99. The number of amides is 1. The predicted molar refractivity (Wildman–Crippen MR) is 114 cm³/mol. The lowest BCUT2D eigenvalue weighted by Crippen LogP contribution is -2.38. The van der Waals surface area contributed by atoms with Gasteiger partial charge in [0, 0.05) is 43.2 Å². The van der Waals surface area contributed by atoms with Gasteiger partial charge in [-0.15, -0.1) is 0 Å². The minimum absolute atomic E-state index is 0.00247. The van der Waals surface area contributed by atoms with Crippen LogP contribution in [-0.4, -0.2) is 47.0 Å². The van der Waals surface area contributed by atoms with Crippen molar-refractivity contribution in [2.45, 2.75) is 40.5 Å². The number of likely N-dealkylation sites (tertiary alicyclic amines) is 1. The summed E-state index contributed by atoms with van der Waals surface area (Å²) < 4.78 is 0. The third-order valence-corrected chi connectivity index (χ3v) is 5.40. The highest BCUT2D eigenvalue weighted by molar-refractivity contribution is 5.92. The summed E-state index contributed by atoms with van der Waals surface area (Å²) >= 11 is 0. The van der Waals surface area contributed by atoms with Gasteiger partial charge in [-0.25, -0.2) is 9.97 Å². The Morgan fingerprint density at radius 3 is 2.39 bits per heavy atom. The lowest BCUT2D eigenvalue weighted by molar-refractivity contribution is 0.0691. The van der Waals surface area contributed by atoms with Gasteiger partial charge >= 0.3 is 0 Å². The second-order valence-corrected chi connectivity index (χ2v) is 7.54. The molecule has 0 aliphatic carbocycles. The highest BCUT2D eigenvalue weighted by atomic mass is 16.2. The zero-order chi connectivity index (χ0) is 20.1. The molecule has 1 N–H and O–H groups in total. The monoisotopic (exact) mass is 381 g/mol. The van der Waals surface area contributed by atoms with E-state index in [0.717, 1.165) is 50.4 Å². The molecule has 6 heteroatoms. The van der Waals surface area contributed by atoms with Crippen molar-refractivity contribution in [3.63, 3.8) is 0 Å². The average molecular weight is 382 g/mol. The van der Waals surface area contributed by atoms with Gasteiger partial charge in [0.2, 0.25) is 5.95 Å². The second kappa shape index (κ2) is 9.04. The molecule has 0 radical (unpaired) electrons. The standard InChI is InChI=1S/C22H31N5O/c1-5-26(6-2)19-9-7-18(8-10-19)24-22-23-17(4)15-20(25-22)21(28)27-13-11-16(3)12-14-27/h7-10,15-16H,5-6,11-14H2,1-4H3,(H,23,24,25). The van der Waals surface area contributed by atoms with Crippen LogP contribution in [0.3, 0.4) is 0 Å². The normalized spacial score (nSPS) is 14.8. The summed E-state index contributed by atoms with van der Waals surface area (Å²) in [5.74, 6) is 1.15. The Balaban J connectivity index is 1.73. The van der Waals surface area contributed by atoms with E-state index in [2.05, 4.69) is 53.1 Å². The van der Waals surface area contributed by atoms with E-state index < -0.39 is 0 Å². The first-order valence-corrected chi connectivity index (χ1v) is 10.3. The number of benzene rings is 1. The molecule has 1 saturated heterocycles. The van der Waals surface area contributed by atoms with Crippen LogP contribution in [0.15, 0.2) is 30.3 Å². The van der Waals surface area contributed by atoms with Crippen LogP contribution in [0.25, 0.3) is 0 Å². The topological polar surface area (TPSA) is 61.4 Å². The third kappa shape index (κ3) is 4.80. The zero-order valence-electron chi connectivity index (χ0n) is 17.4. The number of rotatable bonds is 6. The van der Waals surface area contributed by atoms with E-state index in [1.165, 1.54) is 5.69 Å². The maximum absolute atomic E-state index is 12.9. The van der Waals surface area contributed by atoms with E-state index in [4.69, 9.17) is 0 Å². The number of nitrogens with one attached hydrogen (secondary N) is 1. The fourth-order valence-electron chi connectivity index (χ4n) is 3.58. The van der Waals surface area contributed by atoms with E-state index in [1.807, 2.05) is 24.0 Å². The van der Waals surface area contributed by atoms with Crippen LogP contribution in [0.2, 0.25) is 0 Å². The van der Waals surface area contributed by atoms with Crippen molar-refractivity contribution in [1.82, 2.24) is 14.9 Å². The number of carbonyl (C=O) groups is 1. The summed E-state index contributed by atoms with van der Waals surface area (Å²) in [5, 5.41) is 3.24. The minimum atomic E-state index is -0.00247. The molecule has 1 aromatic carbocycles. The molecule has 150 valence electrons. The van der Waals surface area contributed by atoms with Gasteiger partial charge in [-0.05, 0) is 69.9 Å². The maximum atomic E-state index is 12.9. The molecule has 28 heavy (non-hydrogen) atoms. The Labute approximate surface area is 168 Å². The predicted octanol–water partition coefficient (Wildman–Crippen LogP) is 4.25. The smallest absolute Gasteiger partial charge is 0.272 e. The Bertz CT molecular complexity index is 793. The number of aryl methyl sites for hydroxylation is 1. The van der Waals surface area contributed by atoms with Crippen LogP contribution >= 0.6 is 0 Å². The Morgan fingerprint density at radius 1 is 1.14 bits per heavy atom. The van der Waals surface area contributed by atoms with Gasteiger partial charge in [0.1, 0.15) is 5.69 Å².